The van der Waals surface area contributed by atoms with Crippen molar-refractivity contribution in [1.29, 1.82) is 26.3 Å². The lowest BCUT2D eigenvalue weighted by molar-refractivity contribution is 0.411. The highest BCUT2D eigenvalue weighted by Crippen LogP contribution is 2.29. The Morgan fingerprint density at radius 2 is 0.640 bits per heavy atom. The predicted octanol–water partition coefficient (Wildman–Crippen LogP) is 14.1. The van der Waals surface area contributed by atoms with E-state index in [1.165, 1.54) is 118 Å². The molecule has 10 rings (SSSR count). The third kappa shape index (κ3) is 20.2. The smallest absolute Gasteiger partial charge is 0.488 e. The Kier molecular flexibility index (Phi) is 26.1. The zero-order valence-electron chi connectivity index (χ0n) is 44.5. The molecule has 0 spiro atoms. The van der Waals surface area contributed by atoms with Crippen LogP contribution in [0, 0.1) is 85.7 Å². The van der Waals surface area contributed by atoms with Gasteiger partial charge in [0.25, 0.3) is 0 Å². The lowest BCUT2D eigenvalue weighted by atomic mass is 9.80. The Morgan fingerprint density at radius 1 is 0.360 bits per heavy atom. The molecule has 0 aliphatic carbocycles. The van der Waals surface area contributed by atoms with Gasteiger partial charge in [-0.15, -0.1) is 0 Å². The number of nitriles is 5. The van der Waals surface area contributed by atoms with Crippen molar-refractivity contribution < 1.29 is 41.5 Å². The molecule has 10 aromatic rings. The quantitative estimate of drug-likeness (QED) is 0.111. The second-order valence-electron chi connectivity index (χ2n) is 16.7. The van der Waals surface area contributed by atoms with Gasteiger partial charge in [0.05, 0.1) is 34.3 Å². The highest BCUT2D eigenvalue weighted by molar-refractivity contribution is 6.58. The molecular formula is C62H38BCl4F5N10O4. The van der Waals surface area contributed by atoms with Crippen molar-refractivity contribution in [3.63, 3.8) is 0 Å². The molecule has 2 N–H and O–H groups in total. The van der Waals surface area contributed by atoms with Crippen molar-refractivity contribution in [3.05, 3.63) is 260 Å². The zero-order chi connectivity index (χ0) is 62.7. The van der Waals surface area contributed by atoms with Gasteiger partial charge < -0.3 is 19.5 Å². The summed E-state index contributed by atoms with van der Waals surface area (Å²) in [6.07, 6.45) is 7.43. The van der Waals surface area contributed by atoms with E-state index in [4.69, 9.17) is 92.2 Å². The first-order valence-corrected chi connectivity index (χ1v) is 25.7. The van der Waals surface area contributed by atoms with Crippen LogP contribution in [0.2, 0.25) is 20.1 Å². The largest absolute Gasteiger partial charge is 0.494 e. The van der Waals surface area contributed by atoms with Crippen LogP contribution in [0.3, 0.4) is 0 Å². The molecule has 0 fully saturated rings. The maximum Gasteiger partial charge on any atom is 0.488 e. The molecule has 426 valence electrons. The van der Waals surface area contributed by atoms with Crippen LogP contribution in [0.1, 0.15) is 28.5 Å². The Hall–Kier alpha value is -10.3. The number of aromatic nitrogens is 5. The number of ether oxygens (including phenoxy) is 2. The molecule has 0 saturated carbocycles. The van der Waals surface area contributed by atoms with Gasteiger partial charge in [-0.3, -0.25) is 0 Å². The van der Waals surface area contributed by atoms with E-state index in [1.807, 2.05) is 30.3 Å². The topological polar surface area (TPSA) is 242 Å². The number of hydrogen-bond acceptors (Lipinski definition) is 14. The number of hydrogen-bond donors (Lipinski definition) is 2. The predicted molar refractivity (Wildman–Crippen MR) is 316 cm³/mol. The fourth-order valence-corrected chi connectivity index (χ4v) is 7.72. The van der Waals surface area contributed by atoms with E-state index in [2.05, 4.69) is 24.9 Å². The fourth-order valence-electron chi connectivity index (χ4n) is 6.88. The molecule has 0 bridgehead atoms. The zero-order valence-corrected chi connectivity index (χ0v) is 47.5. The molecular weight excluding hydrogens is 1200 g/mol. The van der Waals surface area contributed by atoms with Gasteiger partial charge >= 0.3 is 7.12 Å². The lowest BCUT2D eigenvalue weighted by Crippen LogP contribution is -2.29. The standard InChI is InChI=1S/2C13H9FN2O.2C12H6ClFN2.C6H6BFO2.C6H2Cl2N2/c2*1-17-13-6-10(8-16-12(13)7-15)9-3-2-4-11(14)5-9;2*13-11-5-9(7-16-12(11)6-15)8-2-1-3-10(14)4-8;8-6-3-1-2-5(4-6)7(9)10;7-4-1-5(8)6(2-9)10-3-4/h2*2-6,8H,1H3;2*1-5,7H;1-4,9-10H;1,3H. The number of pyridine rings is 5. The van der Waals surface area contributed by atoms with E-state index in [0.717, 1.165) is 6.07 Å². The highest BCUT2D eigenvalue weighted by Gasteiger charge is 2.12. The molecule has 86 heavy (non-hydrogen) atoms. The molecule has 5 heterocycles. The van der Waals surface area contributed by atoms with E-state index in [1.54, 1.807) is 72.8 Å². The van der Waals surface area contributed by atoms with E-state index >= 15 is 0 Å². The molecule has 0 amide bonds. The molecule has 14 nitrogen and oxygen atoms in total. The lowest BCUT2D eigenvalue weighted by Gasteiger charge is -2.05. The third-order valence-electron chi connectivity index (χ3n) is 10.9. The number of methoxy groups -OCH3 is 2. The maximum absolute atomic E-state index is 13.1. The Bertz CT molecular complexity index is 4010. The number of halogens is 9. The van der Waals surface area contributed by atoms with Crippen molar-refractivity contribution in [1.82, 2.24) is 24.9 Å². The van der Waals surface area contributed by atoms with E-state index in [-0.39, 0.29) is 72.3 Å². The van der Waals surface area contributed by atoms with Gasteiger partial charge in [0.2, 0.25) is 0 Å². The van der Waals surface area contributed by atoms with Gasteiger partial charge in [-0.1, -0.05) is 107 Å². The van der Waals surface area contributed by atoms with Crippen LogP contribution in [-0.2, 0) is 0 Å². The molecule has 0 aliphatic heterocycles. The average Bonchev–Trinajstić information content (AvgIpc) is 3.67. The van der Waals surface area contributed by atoms with Crippen LogP contribution < -0.4 is 14.9 Å². The summed E-state index contributed by atoms with van der Waals surface area (Å²) in [5, 5.41) is 61.6. The van der Waals surface area contributed by atoms with Crippen LogP contribution in [-0.4, -0.2) is 56.3 Å². The van der Waals surface area contributed by atoms with Gasteiger partial charge in [-0.05, 0) is 119 Å². The highest BCUT2D eigenvalue weighted by atomic mass is 35.5. The minimum absolute atomic E-state index is 0.167. The van der Waals surface area contributed by atoms with Gasteiger partial charge in [0, 0.05) is 53.2 Å². The minimum atomic E-state index is -1.59. The van der Waals surface area contributed by atoms with Crippen molar-refractivity contribution >= 4 is 59.0 Å². The number of rotatable bonds is 7. The molecule has 0 aliphatic rings. The summed E-state index contributed by atoms with van der Waals surface area (Å²) < 4.78 is 74.5. The summed E-state index contributed by atoms with van der Waals surface area (Å²) in [6.45, 7) is 0. The molecule has 0 saturated heterocycles. The Labute approximate surface area is 509 Å². The summed E-state index contributed by atoms with van der Waals surface area (Å²) in [4.78, 5) is 19.4. The molecule has 5 aromatic heterocycles. The van der Waals surface area contributed by atoms with E-state index < -0.39 is 12.9 Å². The van der Waals surface area contributed by atoms with Gasteiger partial charge in [0.1, 0.15) is 59.4 Å². The summed E-state index contributed by atoms with van der Waals surface area (Å²) in [6, 6.07) is 47.2. The molecule has 24 heteroatoms. The molecule has 5 aromatic carbocycles. The van der Waals surface area contributed by atoms with Crippen LogP contribution in [0.5, 0.6) is 11.5 Å². The van der Waals surface area contributed by atoms with Gasteiger partial charge in [0.15, 0.2) is 40.0 Å². The van der Waals surface area contributed by atoms with E-state index in [0.29, 0.717) is 61.0 Å². The summed E-state index contributed by atoms with van der Waals surface area (Å²) in [5.41, 5.74) is 6.67. The SMILES string of the molecule is COc1cc(-c2cccc(F)c2)cnc1C#N.COc1cc(-c2cccc(F)c2)cnc1C#N.N#Cc1ncc(-c2cccc(F)c2)cc1Cl.N#Cc1ncc(-c2cccc(F)c2)cc1Cl.N#Cc1ncc(Cl)cc1Cl.OB(O)c1cccc(F)c1. The van der Waals surface area contributed by atoms with Crippen molar-refractivity contribution in [2.75, 3.05) is 14.2 Å². The summed E-state index contributed by atoms with van der Waals surface area (Å²) >= 11 is 22.8. The van der Waals surface area contributed by atoms with Crippen LogP contribution in [0.25, 0.3) is 44.5 Å². The Morgan fingerprint density at radius 3 is 0.895 bits per heavy atom. The third-order valence-corrected chi connectivity index (χ3v) is 12.0. The van der Waals surface area contributed by atoms with Crippen LogP contribution in [0.4, 0.5) is 22.0 Å². The first-order valence-electron chi connectivity index (χ1n) is 24.2. The monoisotopic (exact) mass is 1230 g/mol. The fraction of sp³-hybridized carbons (Fsp3) is 0.0323. The second-order valence-corrected chi connectivity index (χ2v) is 18.3. The Balaban J connectivity index is 0.000000191. The van der Waals surface area contributed by atoms with Gasteiger partial charge in [-0.25, -0.2) is 46.9 Å². The van der Waals surface area contributed by atoms with Crippen LogP contribution in [0.15, 0.2) is 183 Å². The maximum atomic E-state index is 13.1. The molecule has 0 unspecified atom stereocenters. The normalized spacial score (nSPS) is 9.63. The summed E-state index contributed by atoms with van der Waals surface area (Å²) in [7, 11) is 1.34. The van der Waals surface area contributed by atoms with E-state index in [9.17, 15) is 22.0 Å². The average molecular weight is 1230 g/mol. The first kappa shape index (κ1) is 66.5. The molecule has 0 atom stereocenters. The molecule has 0 radical (unpaired) electrons. The number of nitrogens with zero attached hydrogens (tertiary/aromatic N) is 10. The van der Waals surface area contributed by atoms with Crippen molar-refractivity contribution in [2.24, 2.45) is 0 Å². The summed E-state index contributed by atoms with van der Waals surface area (Å²) in [5.74, 6) is -0.971. The van der Waals surface area contributed by atoms with Crippen molar-refractivity contribution in [3.8, 4) is 86.4 Å². The van der Waals surface area contributed by atoms with Crippen LogP contribution >= 0.6 is 46.4 Å². The minimum Gasteiger partial charge on any atom is -0.494 e. The van der Waals surface area contributed by atoms with Gasteiger partial charge in [-0.2, -0.15) is 26.3 Å². The number of benzene rings is 5. The first-order chi connectivity index (χ1) is 41.3. The van der Waals surface area contributed by atoms with Crippen molar-refractivity contribution in [2.45, 2.75) is 0 Å². The second kappa shape index (κ2) is 33.7.